The number of hydrogen-bond donors (Lipinski definition) is 0. The van der Waals surface area contributed by atoms with E-state index in [1.54, 1.807) is 0 Å². The molecule has 0 radical (unpaired) electrons. The largest absolute Gasteiger partial charge is 0.462 e. The molecule has 0 amide bonds. The van der Waals surface area contributed by atoms with Gasteiger partial charge in [0.05, 0.1) is 17.1 Å². The maximum Gasteiger partial charge on any atom is 0.338 e. The van der Waals surface area contributed by atoms with E-state index in [1.807, 2.05) is 13.8 Å². The summed E-state index contributed by atoms with van der Waals surface area (Å²) in [6.45, 7) is 5.54. The van der Waals surface area contributed by atoms with E-state index < -0.39 is 15.0 Å². The Hall–Kier alpha value is -0.780. The zero-order valence-electron chi connectivity index (χ0n) is 10.7. The second kappa shape index (κ2) is 6.11. The lowest BCUT2D eigenvalue weighted by Crippen LogP contribution is -2.11. The van der Waals surface area contributed by atoms with Crippen LogP contribution in [0, 0.1) is 12.8 Å². The average Bonchev–Trinajstić information content (AvgIpc) is 2.27. The summed E-state index contributed by atoms with van der Waals surface area (Å²) in [5, 5.41) is 0.151. The van der Waals surface area contributed by atoms with E-state index in [9.17, 15) is 13.2 Å². The number of rotatable bonds is 4. The zero-order chi connectivity index (χ0) is 14.8. The first-order chi connectivity index (χ1) is 8.62. The quantitative estimate of drug-likeness (QED) is 0.629. The van der Waals surface area contributed by atoms with Crippen LogP contribution in [0.2, 0.25) is 5.02 Å². The molecule has 0 aliphatic rings. The minimum atomic E-state index is -3.96. The predicted octanol–water partition coefficient (Wildman–Crippen LogP) is 3.39. The molecule has 19 heavy (non-hydrogen) atoms. The minimum Gasteiger partial charge on any atom is -0.462 e. The molecule has 0 saturated carbocycles. The maximum atomic E-state index is 11.8. The SMILES string of the molecule is Cc1c(Cl)cc(C(=O)OCC(C)C)cc1S(=O)(=O)Cl. The molecule has 0 saturated heterocycles. The molecule has 0 heterocycles. The van der Waals surface area contributed by atoms with Gasteiger partial charge in [0.25, 0.3) is 9.05 Å². The summed E-state index contributed by atoms with van der Waals surface area (Å²) >= 11 is 5.90. The smallest absolute Gasteiger partial charge is 0.338 e. The molecule has 0 spiro atoms. The summed E-state index contributed by atoms with van der Waals surface area (Å²) in [6.07, 6.45) is 0. The topological polar surface area (TPSA) is 60.4 Å². The Labute approximate surface area is 122 Å². The number of halogens is 2. The summed E-state index contributed by atoms with van der Waals surface area (Å²) in [7, 11) is 1.34. The number of carbonyl (C=O) groups is 1. The van der Waals surface area contributed by atoms with Crippen molar-refractivity contribution in [3.05, 3.63) is 28.3 Å². The van der Waals surface area contributed by atoms with Crippen molar-refractivity contribution < 1.29 is 17.9 Å². The Morgan fingerprint density at radius 3 is 2.42 bits per heavy atom. The lowest BCUT2D eigenvalue weighted by Gasteiger charge is -2.10. The Morgan fingerprint density at radius 1 is 1.37 bits per heavy atom. The minimum absolute atomic E-state index is 0.0653. The van der Waals surface area contributed by atoms with E-state index in [2.05, 4.69) is 0 Å². The van der Waals surface area contributed by atoms with Gasteiger partial charge < -0.3 is 4.74 Å². The fourth-order valence-electron chi connectivity index (χ4n) is 1.35. The first-order valence-corrected chi connectivity index (χ1v) is 8.23. The number of carbonyl (C=O) groups excluding carboxylic acids is 1. The molecule has 1 aromatic rings. The molecule has 0 bridgehead atoms. The van der Waals surface area contributed by atoms with Crippen molar-refractivity contribution in [1.29, 1.82) is 0 Å². The van der Waals surface area contributed by atoms with Gasteiger partial charge in [0.2, 0.25) is 0 Å². The Morgan fingerprint density at radius 2 is 1.95 bits per heavy atom. The highest BCUT2D eigenvalue weighted by Crippen LogP contribution is 2.28. The van der Waals surface area contributed by atoms with Gasteiger partial charge in [-0.3, -0.25) is 0 Å². The number of hydrogen-bond acceptors (Lipinski definition) is 4. The van der Waals surface area contributed by atoms with Crippen LogP contribution in [0.25, 0.3) is 0 Å². The molecule has 0 unspecified atom stereocenters. The van der Waals surface area contributed by atoms with Crippen LogP contribution in [0.5, 0.6) is 0 Å². The molecule has 1 aromatic carbocycles. The molecule has 106 valence electrons. The zero-order valence-corrected chi connectivity index (χ0v) is 13.1. The normalized spacial score (nSPS) is 11.7. The van der Waals surface area contributed by atoms with E-state index in [1.165, 1.54) is 19.1 Å². The van der Waals surface area contributed by atoms with Gasteiger partial charge in [-0.2, -0.15) is 0 Å². The molecule has 7 heteroatoms. The van der Waals surface area contributed by atoms with Gasteiger partial charge in [0.1, 0.15) is 0 Å². The predicted molar refractivity (Wildman–Crippen MR) is 74.3 cm³/mol. The van der Waals surface area contributed by atoms with Crippen molar-refractivity contribution in [3.8, 4) is 0 Å². The van der Waals surface area contributed by atoms with E-state index in [0.29, 0.717) is 5.56 Å². The van der Waals surface area contributed by atoms with Crippen LogP contribution in [-0.2, 0) is 13.8 Å². The summed E-state index contributed by atoms with van der Waals surface area (Å²) in [5.41, 5.74) is 0.368. The van der Waals surface area contributed by atoms with E-state index in [0.717, 1.165) is 0 Å². The van der Waals surface area contributed by atoms with E-state index in [4.69, 9.17) is 27.0 Å². The number of esters is 1. The second-order valence-electron chi connectivity index (χ2n) is 4.51. The first kappa shape index (κ1) is 16.3. The molecule has 1 rings (SSSR count). The third-order valence-corrected chi connectivity index (χ3v) is 4.18. The molecule has 0 aliphatic heterocycles. The Bertz CT molecular complexity index is 594. The molecule has 4 nitrogen and oxygen atoms in total. The molecular weight excluding hydrogens is 311 g/mol. The lowest BCUT2D eigenvalue weighted by molar-refractivity contribution is 0.0458. The van der Waals surface area contributed by atoms with Gasteiger partial charge in [-0.05, 0) is 30.5 Å². The molecule has 0 fully saturated rings. The van der Waals surface area contributed by atoms with Crippen LogP contribution in [0.1, 0.15) is 29.8 Å². The third kappa shape index (κ3) is 4.37. The summed E-state index contributed by atoms with van der Waals surface area (Å²) in [4.78, 5) is 11.6. The van der Waals surface area contributed by atoms with Crippen LogP contribution in [0.15, 0.2) is 17.0 Å². The monoisotopic (exact) mass is 324 g/mol. The van der Waals surface area contributed by atoms with Gasteiger partial charge in [-0.25, -0.2) is 13.2 Å². The molecule has 0 aliphatic carbocycles. The fourth-order valence-corrected chi connectivity index (χ4v) is 2.85. The van der Waals surface area contributed by atoms with Crippen LogP contribution >= 0.6 is 22.3 Å². The standard InChI is InChI=1S/C12H14Cl2O4S/c1-7(2)6-18-12(15)9-4-10(13)8(3)11(5-9)19(14,16)17/h4-5,7H,6H2,1-3H3. The van der Waals surface area contributed by atoms with Gasteiger partial charge in [0.15, 0.2) is 0 Å². The molecule has 0 N–H and O–H groups in total. The molecule has 0 aromatic heterocycles. The van der Waals surface area contributed by atoms with Crippen molar-refractivity contribution in [1.82, 2.24) is 0 Å². The molecule has 0 atom stereocenters. The van der Waals surface area contributed by atoms with Crippen molar-refractivity contribution in [2.75, 3.05) is 6.61 Å². The van der Waals surface area contributed by atoms with Crippen molar-refractivity contribution in [2.45, 2.75) is 25.7 Å². The van der Waals surface area contributed by atoms with Crippen molar-refractivity contribution in [2.24, 2.45) is 5.92 Å². The summed E-state index contributed by atoms with van der Waals surface area (Å²) < 4.78 is 27.8. The van der Waals surface area contributed by atoms with Gasteiger partial charge >= 0.3 is 5.97 Å². The van der Waals surface area contributed by atoms with Gasteiger partial charge in [0, 0.05) is 15.7 Å². The van der Waals surface area contributed by atoms with Crippen LogP contribution in [0.4, 0.5) is 0 Å². The average molecular weight is 325 g/mol. The molecular formula is C12H14Cl2O4S. The van der Waals surface area contributed by atoms with Crippen LogP contribution in [0.3, 0.4) is 0 Å². The Balaban J connectivity index is 3.18. The van der Waals surface area contributed by atoms with Crippen LogP contribution in [-0.4, -0.2) is 21.0 Å². The van der Waals surface area contributed by atoms with Crippen molar-refractivity contribution in [3.63, 3.8) is 0 Å². The highest BCUT2D eigenvalue weighted by Gasteiger charge is 2.20. The van der Waals surface area contributed by atoms with Crippen LogP contribution < -0.4 is 0 Å². The lowest BCUT2D eigenvalue weighted by atomic mass is 10.1. The highest BCUT2D eigenvalue weighted by atomic mass is 35.7. The van der Waals surface area contributed by atoms with Gasteiger partial charge in [-0.1, -0.05) is 25.4 Å². The third-order valence-electron chi connectivity index (χ3n) is 2.34. The number of ether oxygens (including phenoxy) is 1. The summed E-state index contributed by atoms with van der Waals surface area (Å²) in [6, 6.07) is 2.54. The Kier molecular flexibility index (Phi) is 5.24. The van der Waals surface area contributed by atoms with Gasteiger partial charge in [-0.15, -0.1) is 0 Å². The maximum absolute atomic E-state index is 11.8. The fraction of sp³-hybridized carbons (Fsp3) is 0.417. The van der Waals surface area contributed by atoms with E-state index >= 15 is 0 Å². The van der Waals surface area contributed by atoms with E-state index in [-0.39, 0.29) is 28.0 Å². The second-order valence-corrected chi connectivity index (χ2v) is 7.45. The first-order valence-electron chi connectivity index (χ1n) is 5.55. The van der Waals surface area contributed by atoms with Crippen molar-refractivity contribution >= 4 is 37.3 Å². The highest BCUT2D eigenvalue weighted by molar-refractivity contribution is 8.13. The summed E-state index contributed by atoms with van der Waals surface area (Å²) in [5.74, 6) is -0.446. The number of benzene rings is 1.